The number of hydrogen-bond acceptors (Lipinski definition) is 6. The van der Waals surface area contributed by atoms with Gasteiger partial charge in [0.05, 0.1) is 20.5 Å². The minimum Gasteiger partial charge on any atom is -0.340 e. The quantitative estimate of drug-likeness (QED) is 0.709. The monoisotopic (exact) mass is 195 g/mol. The number of aromatic nitrogens is 4. The number of anilines is 1. The molecule has 0 saturated carbocycles. The Labute approximate surface area is 79.6 Å². The Kier molecular flexibility index (Phi) is 2.25. The summed E-state index contributed by atoms with van der Waals surface area (Å²) < 4.78 is 0. The molecule has 0 aliphatic heterocycles. The molecule has 2 aromatic rings. The molecule has 2 aromatic heterocycles. The first-order valence-corrected chi connectivity index (χ1v) is 3.89. The number of nitrogens with zero attached hydrogens (tertiary/aromatic N) is 4. The minimum atomic E-state index is 0.484. The van der Waals surface area contributed by atoms with Crippen LogP contribution < -0.4 is 5.23 Å². The van der Waals surface area contributed by atoms with E-state index in [9.17, 15) is 0 Å². The summed E-state index contributed by atoms with van der Waals surface area (Å²) in [4.78, 5) is 24.7. The van der Waals surface area contributed by atoms with Crippen molar-refractivity contribution in [2.45, 2.75) is 0 Å². The predicted molar refractivity (Wildman–Crippen MR) is 48.2 cm³/mol. The molecule has 2 rings (SSSR count). The van der Waals surface area contributed by atoms with Gasteiger partial charge in [-0.05, 0) is 0 Å². The maximum absolute atomic E-state index is 4.94. The third-order valence-corrected chi connectivity index (χ3v) is 1.71. The molecule has 0 aromatic carbocycles. The average molecular weight is 195 g/mol. The van der Waals surface area contributed by atoms with E-state index in [1.165, 1.54) is 32.1 Å². The van der Waals surface area contributed by atoms with Gasteiger partial charge in [0.2, 0.25) is 5.82 Å². The molecule has 0 radical (unpaired) electrons. The molecule has 74 valence electrons. The van der Waals surface area contributed by atoms with Crippen molar-refractivity contribution >= 4 is 17.0 Å². The molecule has 0 aliphatic rings. The molecule has 1 N–H and O–H groups in total. The number of H-pyrrole nitrogens is 1. The lowest BCUT2D eigenvalue weighted by molar-refractivity contribution is -0.0445. The Morgan fingerprint density at radius 2 is 2.00 bits per heavy atom. The SMILES string of the molecule is CON(OC)c1ncnc2nc[nH]c12. The smallest absolute Gasteiger partial charge is 0.212 e. The van der Waals surface area contributed by atoms with Crippen molar-refractivity contribution in [2.24, 2.45) is 0 Å². The van der Waals surface area contributed by atoms with Gasteiger partial charge in [0.15, 0.2) is 5.65 Å². The van der Waals surface area contributed by atoms with Gasteiger partial charge in [-0.3, -0.25) is 9.68 Å². The zero-order valence-electron chi connectivity index (χ0n) is 7.76. The van der Waals surface area contributed by atoms with E-state index in [1.54, 1.807) is 0 Å². The van der Waals surface area contributed by atoms with Gasteiger partial charge in [-0.1, -0.05) is 0 Å². The highest BCUT2D eigenvalue weighted by Crippen LogP contribution is 2.18. The van der Waals surface area contributed by atoms with Crippen LogP contribution in [0, 0.1) is 0 Å². The first-order chi connectivity index (χ1) is 6.86. The molecule has 0 fully saturated rings. The molecule has 0 unspecified atom stereocenters. The number of fused-ring (bicyclic) bond motifs is 1. The van der Waals surface area contributed by atoms with Crippen molar-refractivity contribution in [3.8, 4) is 0 Å². The Bertz CT molecular complexity index is 425. The second-order valence-electron chi connectivity index (χ2n) is 2.42. The summed E-state index contributed by atoms with van der Waals surface area (Å²) in [5.74, 6) is 0.484. The van der Waals surface area contributed by atoms with Gasteiger partial charge < -0.3 is 4.98 Å². The van der Waals surface area contributed by atoms with Crippen LogP contribution in [-0.4, -0.2) is 34.2 Å². The molecule has 0 bridgehead atoms. The van der Waals surface area contributed by atoms with E-state index in [1.807, 2.05) is 0 Å². The van der Waals surface area contributed by atoms with Crippen molar-refractivity contribution in [3.63, 3.8) is 0 Å². The van der Waals surface area contributed by atoms with Crippen LogP contribution in [-0.2, 0) is 9.68 Å². The number of imidazole rings is 1. The molecule has 14 heavy (non-hydrogen) atoms. The molecule has 0 saturated heterocycles. The summed E-state index contributed by atoms with van der Waals surface area (Å²) in [7, 11) is 2.96. The molecule has 0 amide bonds. The van der Waals surface area contributed by atoms with Crippen LogP contribution in [0.1, 0.15) is 0 Å². The van der Waals surface area contributed by atoms with Crippen molar-refractivity contribution < 1.29 is 9.68 Å². The van der Waals surface area contributed by atoms with Crippen LogP contribution in [0.4, 0.5) is 5.82 Å². The molecule has 2 heterocycles. The molecular formula is C7H9N5O2. The van der Waals surface area contributed by atoms with Crippen LogP contribution in [0.15, 0.2) is 12.7 Å². The largest absolute Gasteiger partial charge is 0.340 e. The van der Waals surface area contributed by atoms with E-state index < -0.39 is 0 Å². The van der Waals surface area contributed by atoms with Gasteiger partial charge in [-0.15, -0.1) is 5.23 Å². The Hall–Kier alpha value is -1.73. The van der Waals surface area contributed by atoms with Gasteiger partial charge in [0.1, 0.15) is 11.8 Å². The van der Waals surface area contributed by atoms with E-state index >= 15 is 0 Å². The molecule has 0 aliphatic carbocycles. The summed E-state index contributed by atoms with van der Waals surface area (Å²) in [6.45, 7) is 0. The lowest BCUT2D eigenvalue weighted by Crippen LogP contribution is -2.21. The van der Waals surface area contributed by atoms with Crippen molar-refractivity contribution in [3.05, 3.63) is 12.7 Å². The highest BCUT2D eigenvalue weighted by Gasteiger charge is 2.12. The first-order valence-electron chi connectivity index (χ1n) is 3.89. The summed E-state index contributed by atoms with van der Waals surface area (Å²) in [6, 6.07) is 0. The van der Waals surface area contributed by atoms with Crippen LogP contribution in [0.2, 0.25) is 0 Å². The van der Waals surface area contributed by atoms with Crippen LogP contribution in [0.5, 0.6) is 0 Å². The summed E-state index contributed by atoms with van der Waals surface area (Å²) in [5.41, 5.74) is 1.23. The summed E-state index contributed by atoms with van der Waals surface area (Å²) in [5, 5.41) is 1.17. The zero-order chi connectivity index (χ0) is 9.97. The third-order valence-electron chi connectivity index (χ3n) is 1.71. The molecule has 0 atom stereocenters. The number of aromatic amines is 1. The summed E-state index contributed by atoms with van der Waals surface area (Å²) in [6.07, 6.45) is 2.93. The van der Waals surface area contributed by atoms with Crippen molar-refractivity contribution in [1.29, 1.82) is 0 Å². The van der Waals surface area contributed by atoms with E-state index in [2.05, 4.69) is 19.9 Å². The Morgan fingerprint density at radius 3 is 2.71 bits per heavy atom. The zero-order valence-corrected chi connectivity index (χ0v) is 7.76. The minimum absolute atomic E-state index is 0.484. The fraction of sp³-hybridized carbons (Fsp3) is 0.286. The van der Waals surface area contributed by atoms with Crippen molar-refractivity contribution in [2.75, 3.05) is 19.4 Å². The number of nitrogens with one attached hydrogen (secondary N) is 1. The standard InChI is InChI=1S/C7H9N5O2/c1-13-12(14-2)7-5-6(9-3-8-5)10-4-11-7/h3-4H,1-2H3,(H,8,9,10,11). The average Bonchev–Trinajstić information content (AvgIpc) is 2.68. The number of rotatable bonds is 3. The molecule has 0 spiro atoms. The fourth-order valence-electron chi connectivity index (χ4n) is 1.14. The van der Waals surface area contributed by atoms with Crippen molar-refractivity contribution in [1.82, 2.24) is 19.9 Å². The van der Waals surface area contributed by atoms with Gasteiger partial charge in [-0.25, -0.2) is 15.0 Å². The fourth-order valence-corrected chi connectivity index (χ4v) is 1.14. The predicted octanol–water partition coefficient (Wildman–Crippen LogP) is 0.282. The molecular weight excluding hydrogens is 186 g/mol. The lowest BCUT2D eigenvalue weighted by Gasteiger charge is -2.16. The normalized spacial score (nSPS) is 10.7. The van der Waals surface area contributed by atoms with E-state index in [-0.39, 0.29) is 0 Å². The van der Waals surface area contributed by atoms with Gasteiger partial charge >= 0.3 is 0 Å². The molecule has 7 heteroatoms. The lowest BCUT2D eigenvalue weighted by atomic mass is 10.5. The summed E-state index contributed by atoms with van der Waals surface area (Å²) >= 11 is 0. The van der Waals surface area contributed by atoms with Gasteiger partial charge in [0, 0.05) is 0 Å². The highest BCUT2D eigenvalue weighted by atomic mass is 16.9. The van der Waals surface area contributed by atoms with Crippen LogP contribution in [0.3, 0.4) is 0 Å². The van der Waals surface area contributed by atoms with Crippen LogP contribution >= 0.6 is 0 Å². The molecule has 7 nitrogen and oxygen atoms in total. The highest BCUT2D eigenvalue weighted by molar-refractivity contribution is 5.81. The third kappa shape index (κ3) is 1.28. The first kappa shape index (κ1) is 8.85. The van der Waals surface area contributed by atoms with Gasteiger partial charge in [-0.2, -0.15) is 0 Å². The Balaban J connectivity index is 2.54. The van der Waals surface area contributed by atoms with E-state index in [0.717, 1.165) is 0 Å². The second-order valence-corrected chi connectivity index (χ2v) is 2.42. The van der Waals surface area contributed by atoms with E-state index in [4.69, 9.17) is 9.68 Å². The maximum atomic E-state index is 4.94. The van der Waals surface area contributed by atoms with Crippen LogP contribution in [0.25, 0.3) is 11.2 Å². The maximum Gasteiger partial charge on any atom is 0.212 e. The number of hydrogen-bond donors (Lipinski definition) is 1. The Morgan fingerprint density at radius 1 is 1.21 bits per heavy atom. The topological polar surface area (TPSA) is 76.2 Å². The second kappa shape index (κ2) is 3.56. The van der Waals surface area contributed by atoms with E-state index in [0.29, 0.717) is 17.0 Å². The van der Waals surface area contributed by atoms with Gasteiger partial charge in [0.25, 0.3) is 0 Å².